The van der Waals surface area contributed by atoms with Crippen molar-refractivity contribution in [2.24, 2.45) is 0 Å². The van der Waals surface area contributed by atoms with Crippen LogP contribution in [0.4, 0.5) is 5.82 Å². The molecule has 1 aliphatic rings. The number of piperidine rings is 1. The van der Waals surface area contributed by atoms with Crippen molar-refractivity contribution in [1.82, 2.24) is 19.4 Å². The minimum atomic E-state index is 0.446. The lowest BCUT2D eigenvalue weighted by Gasteiger charge is -2.26. The number of hydrogen-bond acceptors (Lipinski definition) is 6. The highest BCUT2D eigenvalue weighted by atomic mass is 16.5. The summed E-state index contributed by atoms with van der Waals surface area (Å²) in [6.45, 7) is 7.49. The second-order valence-electron chi connectivity index (χ2n) is 7.74. The Kier molecular flexibility index (Phi) is 6.16. The minimum Gasteiger partial charge on any atom is -0.492 e. The fourth-order valence-electron chi connectivity index (χ4n) is 4.20. The molecule has 0 spiro atoms. The van der Waals surface area contributed by atoms with Crippen LogP contribution >= 0.6 is 0 Å². The molecule has 0 unspecified atom stereocenters. The summed E-state index contributed by atoms with van der Waals surface area (Å²) in [7, 11) is 1.68. The second-order valence-corrected chi connectivity index (χ2v) is 7.74. The van der Waals surface area contributed by atoms with E-state index < -0.39 is 0 Å². The molecule has 3 aromatic rings. The van der Waals surface area contributed by atoms with Crippen molar-refractivity contribution in [3.05, 3.63) is 24.0 Å². The number of rotatable bonds is 8. The number of benzene rings is 1. The minimum absolute atomic E-state index is 0.446. The van der Waals surface area contributed by atoms with Crippen LogP contribution in [0.2, 0.25) is 0 Å². The Balaban J connectivity index is 1.66. The normalized spacial score (nSPS) is 15.4. The fourth-order valence-corrected chi connectivity index (χ4v) is 4.20. The Hall–Kier alpha value is -2.38. The number of likely N-dealkylation sites (tertiary alicyclic amines) is 1. The molecule has 1 saturated heterocycles. The molecule has 0 saturated carbocycles. The van der Waals surface area contributed by atoms with Crippen LogP contribution in [0.15, 0.2) is 18.2 Å². The van der Waals surface area contributed by atoms with E-state index in [9.17, 15) is 0 Å². The van der Waals surface area contributed by atoms with Crippen LogP contribution in [0.1, 0.15) is 38.4 Å². The molecular weight excluding hydrogens is 366 g/mol. The number of aryl methyl sites for hydroxylation is 1. The number of anilines is 1. The maximum Gasteiger partial charge on any atom is 0.152 e. The van der Waals surface area contributed by atoms with Crippen molar-refractivity contribution in [2.45, 2.75) is 45.8 Å². The fraction of sp³-hybridized carbons (Fsp3) is 0.545. The van der Waals surface area contributed by atoms with Crippen LogP contribution < -0.4 is 10.5 Å². The number of nitrogen functional groups attached to an aromatic ring is 1. The molecule has 0 atom stereocenters. The molecule has 2 aromatic heterocycles. The van der Waals surface area contributed by atoms with E-state index in [1.165, 1.54) is 32.4 Å². The number of fused-ring (bicyclic) bond motifs is 3. The van der Waals surface area contributed by atoms with E-state index >= 15 is 0 Å². The number of methoxy groups -OCH3 is 1. The van der Waals surface area contributed by atoms with Crippen molar-refractivity contribution < 1.29 is 9.47 Å². The van der Waals surface area contributed by atoms with Crippen molar-refractivity contribution >= 4 is 27.8 Å². The van der Waals surface area contributed by atoms with Crippen LogP contribution in [-0.2, 0) is 17.9 Å². The third-order valence-corrected chi connectivity index (χ3v) is 5.60. The summed E-state index contributed by atoms with van der Waals surface area (Å²) in [6.07, 6.45) is 4.95. The van der Waals surface area contributed by atoms with Crippen LogP contribution in [0.3, 0.4) is 0 Å². The van der Waals surface area contributed by atoms with Gasteiger partial charge in [0.25, 0.3) is 0 Å². The molecule has 2 N–H and O–H groups in total. The Labute approximate surface area is 171 Å². The maximum atomic E-state index is 6.23. The Morgan fingerprint density at radius 2 is 1.93 bits per heavy atom. The molecule has 0 radical (unpaired) electrons. The first kappa shape index (κ1) is 19.9. The topological polar surface area (TPSA) is 78.4 Å². The van der Waals surface area contributed by atoms with Gasteiger partial charge in [-0.3, -0.25) is 4.90 Å². The number of pyridine rings is 1. The molecule has 1 fully saturated rings. The monoisotopic (exact) mass is 397 g/mol. The van der Waals surface area contributed by atoms with Crippen LogP contribution in [0.5, 0.6) is 5.75 Å². The smallest absolute Gasteiger partial charge is 0.152 e. The van der Waals surface area contributed by atoms with E-state index in [1.54, 1.807) is 7.11 Å². The maximum absolute atomic E-state index is 6.23. The van der Waals surface area contributed by atoms with Gasteiger partial charge in [0.1, 0.15) is 30.3 Å². The number of hydrogen-bond donors (Lipinski definition) is 1. The van der Waals surface area contributed by atoms with Crippen molar-refractivity contribution in [1.29, 1.82) is 0 Å². The SMILES string of the molecule is CCCn1c(COC)nc2c(N)nc3ccc(OCCN4CCCCC4)cc3c21. The lowest BCUT2D eigenvalue weighted by Crippen LogP contribution is -2.33. The zero-order chi connectivity index (χ0) is 20.2. The highest BCUT2D eigenvalue weighted by Crippen LogP contribution is 2.31. The predicted molar refractivity (Wildman–Crippen MR) is 116 cm³/mol. The highest BCUT2D eigenvalue weighted by molar-refractivity contribution is 6.07. The number of ether oxygens (including phenoxy) is 2. The third-order valence-electron chi connectivity index (χ3n) is 5.60. The van der Waals surface area contributed by atoms with Gasteiger partial charge in [0.15, 0.2) is 5.82 Å². The van der Waals surface area contributed by atoms with Crippen LogP contribution in [0, 0.1) is 0 Å². The molecule has 3 heterocycles. The summed E-state index contributed by atoms with van der Waals surface area (Å²) in [5.41, 5.74) is 8.85. The summed E-state index contributed by atoms with van der Waals surface area (Å²) >= 11 is 0. The quantitative estimate of drug-likeness (QED) is 0.626. The van der Waals surface area contributed by atoms with Crippen molar-refractivity contribution in [2.75, 3.05) is 39.1 Å². The summed E-state index contributed by atoms with van der Waals surface area (Å²) in [6, 6.07) is 6.04. The molecule has 29 heavy (non-hydrogen) atoms. The molecule has 0 amide bonds. The van der Waals surface area contributed by atoms with E-state index in [-0.39, 0.29) is 0 Å². The first-order chi connectivity index (χ1) is 14.2. The summed E-state index contributed by atoms with van der Waals surface area (Å²) in [5, 5.41) is 1.02. The van der Waals surface area contributed by atoms with Gasteiger partial charge >= 0.3 is 0 Å². The van der Waals surface area contributed by atoms with Crippen molar-refractivity contribution in [3.8, 4) is 5.75 Å². The van der Waals surface area contributed by atoms with Crippen molar-refractivity contribution in [3.63, 3.8) is 0 Å². The third kappa shape index (κ3) is 4.16. The van der Waals surface area contributed by atoms with Gasteiger partial charge in [-0.25, -0.2) is 9.97 Å². The summed E-state index contributed by atoms with van der Waals surface area (Å²) in [4.78, 5) is 11.8. The molecule has 7 nitrogen and oxygen atoms in total. The lowest BCUT2D eigenvalue weighted by atomic mass is 10.1. The molecule has 1 aromatic carbocycles. The molecule has 156 valence electrons. The number of nitrogens with two attached hydrogens (primary N) is 1. The average Bonchev–Trinajstić information content (AvgIpc) is 3.09. The van der Waals surface area contributed by atoms with Gasteiger partial charge in [0.05, 0.1) is 11.0 Å². The van der Waals surface area contributed by atoms with Crippen LogP contribution in [-0.4, -0.2) is 52.8 Å². The van der Waals surface area contributed by atoms with Gasteiger partial charge in [0, 0.05) is 25.6 Å². The second kappa shape index (κ2) is 8.97. The largest absolute Gasteiger partial charge is 0.492 e. The molecule has 0 bridgehead atoms. The van der Waals surface area contributed by atoms with E-state index in [2.05, 4.69) is 27.4 Å². The van der Waals surface area contributed by atoms with E-state index in [0.717, 1.165) is 53.0 Å². The molecule has 0 aliphatic carbocycles. The van der Waals surface area contributed by atoms with E-state index in [4.69, 9.17) is 20.2 Å². The van der Waals surface area contributed by atoms with Gasteiger partial charge in [-0.2, -0.15) is 0 Å². The summed E-state index contributed by atoms with van der Waals surface area (Å²) in [5.74, 6) is 2.19. The van der Waals surface area contributed by atoms with Gasteiger partial charge in [0.2, 0.25) is 0 Å². The van der Waals surface area contributed by atoms with Crippen LogP contribution in [0.25, 0.3) is 21.9 Å². The zero-order valence-electron chi connectivity index (χ0n) is 17.5. The molecule has 1 aliphatic heterocycles. The van der Waals surface area contributed by atoms with Gasteiger partial charge in [-0.15, -0.1) is 0 Å². The first-order valence-electron chi connectivity index (χ1n) is 10.6. The molecular formula is C22H31N5O2. The van der Waals surface area contributed by atoms with Gasteiger partial charge in [-0.05, 0) is 50.6 Å². The van der Waals surface area contributed by atoms with E-state index in [0.29, 0.717) is 19.0 Å². The molecule has 7 heteroatoms. The zero-order valence-corrected chi connectivity index (χ0v) is 17.5. The Morgan fingerprint density at radius 3 is 2.69 bits per heavy atom. The average molecular weight is 398 g/mol. The number of imidazole rings is 1. The van der Waals surface area contributed by atoms with Gasteiger partial charge < -0.3 is 19.8 Å². The standard InChI is InChI=1S/C22H31N5O2/c1-3-9-27-19(15-28-2)25-20-21(27)17-14-16(7-8-18(17)24-22(20)23)29-13-12-26-10-5-4-6-11-26/h7-8,14H,3-6,9-13,15H2,1-2H3,(H2,23,24). The van der Waals surface area contributed by atoms with E-state index in [1.807, 2.05) is 12.1 Å². The van der Waals surface area contributed by atoms with Gasteiger partial charge in [-0.1, -0.05) is 13.3 Å². The highest BCUT2D eigenvalue weighted by Gasteiger charge is 2.17. The first-order valence-corrected chi connectivity index (χ1v) is 10.6. The molecule has 4 rings (SSSR count). The summed E-state index contributed by atoms with van der Waals surface area (Å²) < 4.78 is 13.7. The lowest BCUT2D eigenvalue weighted by molar-refractivity contribution is 0.174. The number of aromatic nitrogens is 3. The Morgan fingerprint density at radius 1 is 1.10 bits per heavy atom. The number of nitrogens with zero attached hydrogens (tertiary/aromatic N) is 4. The predicted octanol–water partition coefficient (Wildman–Crippen LogP) is 3.59. The Bertz CT molecular complexity index is 978.